The van der Waals surface area contributed by atoms with Gasteiger partial charge < -0.3 is 4.74 Å². The van der Waals surface area contributed by atoms with Gasteiger partial charge in [0, 0.05) is 5.56 Å². The van der Waals surface area contributed by atoms with Crippen LogP contribution in [0.3, 0.4) is 0 Å². The predicted molar refractivity (Wildman–Crippen MR) is 83.0 cm³/mol. The fourth-order valence-corrected chi connectivity index (χ4v) is 3.11. The molecule has 1 aliphatic carbocycles. The van der Waals surface area contributed by atoms with Gasteiger partial charge >= 0.3 is 5.97 Å². The number of imide groups is 1. The number of hydrogen-bond acceptors (Lipinski definition) is 5. The number of carbonyl (C=O) groups is 3. The molecule has 0 aromatic heterocycles. The summed E-state index contributed by atoms with van der Waals surface area (Å²) < 4.78 is 5.13. The molecule has 0 spiro atoms. The molecule has 0 bridgehead atoms. The number of ether oxygens (including phenoxy) is 1. The Morgan fingerprint density at radius 2 is 1.79 bits per heavy atom. The molecule has 1 aromatic carbocycles. The molecule has 24 heavy (non-hydrogen) atoms. The number of rotatable bonds is 4. The maximum Gasteiger partial charge on any atom is 0.326 e. The Bertz CT molecular complexity index is 737. The molecule has 1 heterocycles. The number of fused-ring (bicyclic) bond motifs is 1. The van der Waals surface area contributed by atoms with Crippen molar-refractivity contribution in [3.8, 4) is 6.07 Å². The highest BCUT2D eigenvalue weighted by Crippen LogP contribution is 2.34. The first-order valence-corrected chi connectivity index (χ1v) is 7.75. The van der Waals surface area contributed by atoms with Gasteiger partial charge in [-0.15, -0.1) is 0 Å². The molecule has 2 aliphatic rings. The molecular weight excluding hydrogens is 308 g/mol. The third kappa shape index (κ3) is 2.93. The van der Waals surface area contributed by atoms with Crippen LogP contribution in [0.4, 0.5) is 0 Å². The molecule has 1 aliphatic heterocycles. The van der Waals surface area contributed by atoms with Crippen LogP contribution in [0.2, 0.25) is 0 Å². The van der Waals surface area contributed by atoms with Gasteiger partial charge in [-0.3, -0.25) is 19.3 Å². The quantitative estimate of drug-likeness (QED) is 0.476. The van der Waals surface area contributed by atoms with E-state index in [0.717, 1.165) is 4.90 Å². The third-order valence-electron chi connectivity index (χ3n) is 4.41. The molecule has 6 heteroatoms. The monoisotopic (exact) mass is 324 g/mol. The molecule has 0 N–H and O–H groups in total. The Morgan fingerprint density at radius 1 is 1.17 bits per heavy atom. The van der Waals surface area contributed by atoms with Crippen molar-refractivity contribution in [1.82, 2.24) is 4.90 Å². The second-order valence-electron chi connectivity index (χ2n) is 5.85. The largest absolute Gasteiger partial charge is 0.459 e. The van der Waals surface area contributed by atoms with Crippen molar-refractivity contribution in [2.24, 2.45) is 11.8 Å². The molecule has 2 amide bonds. The summed E-state index contributed by atoms with van der Waals surface area (Å²) in [5, 5.41) is 9.01. The zero-order chi connectivity index (χ0) is 17.1. The maximum absolute atomic E-state index is 12.3. The van der Waals surface area contributed by atoms with E-state index in [-0.39, 0.29) is 36.8 Å². The number of likely N-dealkylation sites (tertiary alicyclic amines) is 1. The summed E-state index contributed by atoms with van der Waals surface area (Å²) in [6.07, 6.45) is 4.87. The number of hydrogen-bond donors (Lipinski definition) is 0. The van der Waals surface area contributed by atoms with E-state index >= 15 is 0 Å². The fourth-order valence-electron chi connectivity index (χ4n) is 3.11. The predicted octanol–water partition coefficient (Wildman–Crippen LogP) is 1.55. The zero-order valence-corrected chi connectivity index (χ0v) is 13.0. The van der Waals surface area contributed by atoms with Crippen molar-refractivity contribution >= 4 is 17.8 Å². The van der Waals surface area contributed by atoms with E-state index in [1.807, 2.05) is 18.2 Å². The lowest BCUT2D eigenvalue weighted by atomic mass is 9.85. The van der Waals surface area contributed by atoms with Crippen LogP contribution in [0.15, 0.2) is 36.4 Å². The maximum atomic E-state index is 12.3. The first kappa shape index (κ1) is 15.9. The van der Waals surface area contributed by atoms with E-state index < -0.39 is 5.97 Å². The highest BCUT2D eigenvalue weighted by atomic mass is 16.5. The lowest BCUT2D eigenvalue weighted by Crippen LogP contribution is -2.36. The Labute approximate surface area is 139 Å². The molecule has 1 fully saturated rings. The summed E-state index contributed by atoms with van der Waals surface area (Å²) in [5.41, 5.74) is 1.01. The van der Waals surface area contributed by atoms with E-state index in [2.05, 4.69) is 0 Å². The van der Waals surface area contributed by atoms with Gasteiger partial charge in [0.15, 0.2) is 0 Å². The number of carbonyl (C=O) groups excluding carboxylic acids is 3. The molecule has 0 saturated carbocycles. The van der Waals surface area contributed by atoms with E-state index in [4.69, 9.17) is 10.00 Å². The van der Waals surface area contributed by atoms with Crippen molar-refractivity contribution in [2.45, 2.75) is 19.4 Å². The SMILES string of the molecule is N#Cc1ccccc1COC(=O)CN1C(=O)[C@H]2CC=CC[C@@H]2C1=O. The highest BCUT2D eigenvalue weighted by molar-refractivity contribution is 6.07. The lowest BCUT2D eigenvalue weighted by molar-refractivity contribution is -0.153. The van der Waals surface area contributed by atoms with Gasteiger partial charge in [0.05, 0.1) is 23.5 Å². The summed E-state index contributed by atoms with van der Waals surface area (Å²) in [6.45, 7) is -0.438. The smallest absolute Gasteiger partial charge is 0.326 e. The van der Waals surface area contributed by atoms with Crippen LogP contribution in [0.25, 0.3) is 0 Å². The third-order valence-corrected chi connectivity index (χ3v) is 4.41. The Kier molecular flexibility index (Phi) is 4.43. The number of nitrogens with zero attached hydrogens (tertiary/aromatic N) is 2. The zero-order valence-electron chi connectivity index (χ0n) is 13.0. The number of esters is 1. The molecule has 1 aromatic rings. The average Bonchev–Trinajstić information content (AvgIpc) is 2.85. The summed E-state index contributed by atoms with van der Waals surface area (Å²) in [4.78, 5) is 37.6. The van der Waals surface area contributed by atoms with Crippen LogP contribution in [0, 0.1) is 23.2 Å². The molecule has 3 rings (SSSR count). The van der Waals surface area contributed by atoms with Crippen LogP contribution >= 0.6 is 0 Å². The van der Waals surface area contributed by atoms with Crippen LogP contribution in [0.1, 0.15) is 24.0 Å². The summed E-state index contributed by atoms with van der Waals surface area (Å²) >= 11 is 0. The van der Waals surface area contributed by atoms with Crippen LogP contribution < -0.4 is 0 Å². The van der Waals surface area contributed by atoms with Gasteiger partial charge in [0.25, 0.3) is 0 Å². The topological polar surface area (TPSA) is 87.5 Å². The first-order valence-electron chi connectivity index (χ1n) is 7.75. The average molecular weight is 324 g/mol. The molecule has 1 saturated heterocycles. The molecule has 122 valence electrons. The van der Waals surface area contributed by atoms with E-state index in [9.17, 15) is 14.4 Å². The summed E-state index contributed by atoms with van der Waals surface area (Å²) in [5.74, 6) is -1.97. The lowest BCUT2D eigenvalue weighted by Gasteiger charge is -2.14. The van der Waals surface area contributed by atoms with Gasteiger partial charge in [-0.1, -0.05) is 30.4 Å². The Morgan fingerprint density at radius 3 is 2.42 bits per heavy atom. The second kappa shape index (κ2) is 6.67. The van der Waals surface area contributed by atoms with Crippen LogP contribution in [0.5, 0.6) is 0 Å². The number of amides is 2. The van der Waals surface area contributed by atoms with Gasteiger partial charge in [-0.2, -0.15) is 5.26 Å². The molecule has 0 radical (unpaired) electrons. The number of allylic oxidation sites excluding steroid dienone is 2. The first-order chi connectivity index (χ1) is 11.6. The van der Waals surface area contributed by atoms with E-state index in [0.29, 0.717) is 24.0 Å². The second-order valence-corrected chi connectivity index (χ2v) is 5.85. The summed E-state index contributed by atoms with van der Waals surface area (Å²) in [6, 6.07) is 8.82. The minimum absolute atomic E-state index is 0.0623. The highest BCUT2D eigenvalue weighted by Gasteiger charge is 2.47. The molecule has 6 nitrogen and oxygen atoms in total. The molecule has 0 unspecified atom stereocenters. The molecule has 2 atom stereocenters. The van der Waals surface area contributed by atoms with Crippen molar-refractivity contribution in [1.29, 1.82) is 5.26 Å². The van der Waals surface area contributed by atoms with Crippen molar-refractivity contribution in [3.63, 3.8) is 0 Å². The normalized spacial score (nSPS) is 22.2. The summed E-state index contributed by atoms with van der Waals surface area (Å²) in [7, 11) is 0. The van der Waals surface area contributed by atoms with Crippen LogP contribution in [-0.2, 0) is 25.7 Å². The number of nitriles is 1. The Balaban J connectivity index is 1.60. The molecular formula is C18H16N2O4. The van der Waals surface area contributed by atoms with E-state index in [1.165, 1.54) is 0 Å². The van der Waals surface area contributed by atoms with Gasteiger partial charge in [-0.25, -0.2) is 0 Å². The Hall–Kier alpha value is -2.94. The van der Waals surface area contributed by atoms with Crippen molar-refractivity contribution in [3.05, 3.63) is 47.5 Å². The minimum Gasteiger partial charge on any atom is -0.459 e. The van der Waals surface area contributed by atoms with Gasteiger partial charge in [0.1, 0.15) is 13.2 Å². The van der Waals surface area contributed by atoms with E-state index in [1.54, 1.807) is 24.3 Å². The van der Waals surface area contributed by atoms with Gasteiger partial charge in [0.2, 0.25) is 11.8 Å². The van der Waals surface area contributed by atoms with Crippen molar-refractivity contribution in [2.75, 3.05) is 6.54 Å². The van der Waals surface area contributed by atoms with Gasteiger partial charge in [-0.05, 0) is 18.9 Å². The standard InChI is InChI=1S/C18H16N2O4/c19-9-12-5-1-2-6-13(12)11-24-16(21)10-20-17(22)14-7-3-4-8-15(14)18(20)23/h1-6,14-15H,7-8,10-11H2/t14-,15-/m0/s1. The van der Waals surface area contributed by atoms with Crippen molar-refractivity contribution < 1.29 is 19.1 Å². The fraction of sp³-hybridized carbons (Fsp3) is 0.333. The minimum atomic E-state index is -0.656. The number of benzene rings is 1. The van der Waals surface area contributed by atoms with Crippen LogP contribution in [-0.4, -0.2) is 29.2 Å².